The summed E-state index contributed by atoms with van der Waals surface area (Å²) in [7, 11) is 0. The molecule has 1 heterocycles. The average molecular weight is 315 g/mol. The molecule has 0 fully saturated rings. The summed E-state index contributed by atoms with van der Waals surface area (Å²) in [6.45, 7) is 6.32. The van der Waals surface area contributed by atoms with E-state index in [4.69, 9.17) is 10.3 Å². The van der Waals surface area contributed by atoms with Crippen LogP contribution in [-0.2, 0) is 24.2 Å². The van der Waals surface area contributed by atoms with Gasteiger partial charge in [-0.05, 0) is 12.0 Å². The van der Waals surface area contributed by atoms with Crippen molar-refractivity contribution in [2.75, 3.05) is 0 Å². The van der Waals surface area contributed by atoms with E-state index < -0.39 is 0 Å². The van der Waals surface area contributed by atoms with Crippen LogP contribution in [0.4, 0.5) is 0 Å². The third-order valence-corrected chi connectivity index (χ3v) is 4.18. The van der Waals surface area contributed by atoms with Crippen molar-refractivity contribution < 1.29 is 9.32 Å². The van der Waals surface area contributed by atoms with Gasteiger partial charge in [0, 0.05) is 24.6 Å². The highest BCUT2D eigenvalue weighted by Gasteiger charge is 2.23. The maximum atomic E-state index is 12.4. The first kappa shape index (κ1) is 17.2. The van der Waals surface area contributed by atoms with E-state index in [9.17, 15) is 4.79 Å². The van der Waals surface area contributed by atoms with E-state index in [-0.39, 0.29) is 17.9 Å². The standard InChI is InChI=1S/C18H25N3O2/c1-4-15-14(16(5-2)23-21-15)11-20-18(22)12(3)17(19)13-9-7-6-8-10-13/h6-10,12,17H,4-5,11,19H2,1-3H3,(H,20,22). The lowest BCUT2D eigenvalue weighted by Gasteiger charge is -2.20. The van der Waals surface area contributed by atoms with Crippen molar-refractivity contribution in [3.8, 4) is 0 Å². The van der Waals surface area contributed by atoms with Gasteiger partial charge in [0.15, 0.2) is 0 Å². The van der Waals surface area contributed by atoms with E-state index in [2.05, 4.69) is 10.5 Å². The minimum atomic E-state index is -0.324. The SMILES string of the molecule is CCc1noc(CC)c1CNC(=O)C(C)C(N)c1ccccc1. The van der Waals surface area contributed by atoms with Crippen LogP contribution in [0.3, 0.4) is 0 Å². The fourth-order valence-electron chi connectivity index (χ4n) is 2.60. The number of nitrogens with zero attached hydrogens (tertiary/aromatic N) is 1. The molecule has 2 aromatic rings. The predicted molar refractivity (Wildman–Crippen MR) is 89.6 cm³/mol. The van der Waals surface area contributed by atoms with Crippen molar-refractivity contribution in [3.05, 3.63) is 52.9 Å². The zero-order chi connectivity index (χ0) is 16.8. The number of carbonyl (C=O) groups is 1. The van der Waals surface area contributed by atoms with Crippen LogP contribution in [-0.4, -0.2) is 11.1 Å². The lowest BCUT2D eigenvalue weighted by molar-refractivity contribution is -0.125. The lowest BCUT2D eigenvalue weighted by Crippen LogP contribution is -2.35. The normalized spacial score (nSPS) is 13.6. The summed E-state index contributed by atoms with van der Waals surface area (Å²) < 4.78 is 5.32. The van der Waals surface area contributed by atoms with Crippen molar-refractivity contribution in [2.24, 2.45) is 11.7 Å². The van der Waals surface area contributed by atoms with Gasteiger partial charge in [-0.2, -0.15) is 0 Å². The molecule has 0 aliphatic rings. The number of hydrogen-bond acceptors (Lipinski definition) is 4. The molecule has 0 radical (unpaired) electrons. The van der Waals surface area contributed by atoms with Gasteiger partial charge in [-0.3, -0.25) is 4.79 Å². The highest BCUT2D eigenvalue weighted by atomic mass is 16.5. The lowest BCUT2D eigenvalue weighted by atomic mass is 9.94. The van der Waals surface area contributed by atoms with Crippen molar-refractivity contribution >= 4 is 5.91 Å². The minimum Gasteiger partial charge on any atom is -0.361 e. The van der Waals surface area contributed by atoms with Crippen LogP contribution in [0.25, 0.3) is 0 Å². The molecule has 1 aromatic carbocycles. The van der Waals surface area contributed by atoms with Crippen LogP contribution in [0.5, 0.6) is 0 Å². The first-order valence-electron chi connectivity index (χ1n) is 8.12. The molecule has 5 nitrogen and oxygen atoms in total. The summed E-state index contributed by atoms with van der Waals surface area (Å²) in [5.41, 5.74) is 9.06. The Kier molecular flexibility index (Phi) is 5.93. The maximum absolute atomic E-state index is 12.4. The average Bonchev–Trinajstić information content (AvgIpc) is 3.01. The molecule has 2 atom stereocenters. The Balaban J connectivity index is 2.01. The number of carbonyl (C=O) groups excluding carboxylic acids is 1. The van der Waals surface area contributed by atoms with Crippen LogP contribution in [0.2, 0.25) is 0 Å². The Hall–Kier alpha value is -2.14. The van der Waals surface area contributed by atoms with Crippen LogP contribution < -0.4 is 11.1 Å². The molecule has 124 valence electrons. The molecule has 3 N–H and O–H groups in total. The molecule has 0 bridgehead atoms. The first-order chi connectivity index (χ1) is 11.1. The Bertz CT molecular complexity index is 615. The van der Waals surface area contributed by atoms with Gasteiger partial charge in [-0.25, -0.2) is 0 Å². The zero-order valence-corrected chi connectivity index (χ0v) is 14.0. The van der Waals surface area contributed by atoms with Gasteiger partial charge in [0.25, 0.3) is 0 Å². The van der Waals surface area contributed by atoms with E-state index in [0.717, 1.165) is 35.4 Å². The highest BCUT2D eigenvalue weighted by molar-refractivity contribution is 5.79. The highest BCUT2D eigenvalue weighted by Crippen LogP contribution is 2.20. The summed E-state index contributed by atoms with van der Waals surface area (Å²) in [4.78, 5) is 12.4. The predicted octanol–water partition coefficient (Wildman–Crippen LogP) is 2.75. The van der Waals surface area contributed by atoms with Gasteiger partial charge in [-0.15, -0.1) is 0 Å². The van der Waals surface area contributed by atoms with E-state index in [0.29, 0.717) is 6.54 Å². The van der Waals surface area contributed by atoms with Crippen LogP contribution in [0, 0.1) is 5.92 Å². The van der Waals surface area contributed by atoms with Crippen LogP contribution in [0.1, 0.15) is 49.4 Å². The van der Waals surface area contributed by atoms with Crippen molar-refractivity contribution in [3.63, 3.8) is 0 Å². The molecule has 0 spiro atoms. The maximum Gasteiger partial charge on any atom is 0.225 e. The van der Waals surface area contributed by atoms with Gasteiger partial charge < -0.3 is 15.6 Å². The van der Waals surface area contributed by atoms with Crippen molar-refractivity contribution in [2.45, 2.75) is 46.2 Å². The summed E-state index contributed by atoms with van der Waals surface area (Å²) in [6.07, 6.45) is 1.55. The minimum absolute atomic E-state index is 0.0633. The molecule has 0 aliphatic heterocycles. The number of hydrogen-bond donors (Lipinski definition) is 2. The quantitative estimate of drug-likeness (QED) is 0.823. The number of aryl methyl sites for hydroxylation is 2. The molecule has 0 saturated heterocycles. The first-order valence-corrected chi connectivity index (χ1v) is 8.12. The van der Waals surface area contributed by atoms with E-state index in [1.54, 1.807) is 0 Å². The number of rotatable bonds is 7. The van der Waals surface area contributed by atoms with Crippen LogP contribution >= 0.6 is 0 Å². The molecular formula is C18H25N3O2. The zero-order valence-electron chi connectivity index (χ0n) is 14.0. The van der Waals surface area contributed by atoms with E-state index in [1.165, 1.54) is 0 Å². The number of amides is 1. The van der Waals surface area contributed by atoms with Gasteiger partial charge in [0.2, 0.25) is 5.91 Å². The Morgan fingerprint density at radius 1 is 1.26 bits per heavy atom. The third-order valence-electron chi connectivity index (χ3n) is 4.18. The monoisotopic (exact) mass is 315 g/mol. The van der Waals surface area contributed by atoms with Crippen LogP contribution in [0.15, 0.2) is 34.9 Å². The Morgan fingerprint density at radius 3 is 2.57 bits per heavy atom. The van der Waals surface area contributed by atoms with Gasteiger partial charge in [0.05, 0.1) is 11.6 Å². The van der Waals surface area contributed by atoms with Gasteiger partial charge in [-0.1, -0.05) is 56.3 Å². The second-order valence-electron chi connectivity index (χ2n) is 5.68. The second-order valence-corrected chi connectivity index (χ2v) is 5.68. The van der Waals surface area contributed by atoms with Gasteiger partial charge >= 0.3 is 0 Å². The van der Waals surface area contributed by atoms with E-state index in [1.807, 2.05) is 51.1 Å². The molecule has 2 unspecified atom stereocenters. The molecule has 23 heavy (non-hydrogen) atoms. The Labute approximate surface area is 137 Å². The fourth-order valence-corrected chi connectivity index (χ4v) is 2.60. The smallest absolute Gasteiger partial charge is 0.225 e. The molecule has 2 rings (SSSR count). The number of nitrogens with two attached hydrogens (primary N) is 1. The van der Waals surface area contributed by atoms with Crippen molar-refractivity contribution in [1.82, 2.24) is 10.5 Å². The second kappa shape index (κ2) is 7.92. The summed E-state index contributed by atoms with van der Waals surface area (Å²) in [5.74, 6) is 0.459. The molecule has 1 amide bonds. The third kappa shape index (κ3) is 3.99. The van der Waals surface area contributed by atoms with E-state index >= 15 is 0 Å². The fraction of sp³-hybridized carbons (Fsp3) is 0.444. The summed E-state index contributed by atoms with van der Waals surface area (Å²) in [6, 6.07) is 9.36. The molecule has 5 heteroatoms. The van der Waals surface area contributed by atoms with Gasteiger partial charge in [0.1, 0.15) is 5.76 Å². The molecule has 0 aliphatic carbocycles. The number of benzene rings is 1. The topological polar surface area (TPSA) is 81.2 Å². The number of aromatic nitrogens is 1. The largest absolute Gasteiger partial charge is 0.361 e. The Morgan fingerprint density at radius 2 is 1.96 bits per heavy atom. The summed E-state index contributed by atoms with van der Waals surface area (Å²) >= 11 is 0. The number of nitrogens with one attached hydrogen (secondary N) is 1. The summed E-state index contributed by atoms with van der Waals surface area (Å²) in [5, 5.41) is 7.03. The molecule has 1 aromatic heterocycles. The molecular weight excluding hydrogens is 290 g/mol. The van der Waals surface area contributed by atoms with Crippen molar-refractivity contribution in [1.29, 1.82) is 0 Å². The molecule has 0 saturated carbocycles.